The number of nitrogens with one attached hydrogen (secondary N) is 1. The summed E-state index contributed by atoms with van der Waals surface area (Å²) in [4.78, 5) is 23.6. The highest BCUT2D eigenvalue weighted by molar-refractivity contribution is 5.95. The van der Waals surface area contributed by atoms with E-state index in [1.807, 2.05) is 6.92 Å². The van der Waals surface area contributed by atoms with Gasteiger partial charge >= 0.3 is 5.97 Å². The molecule has 0 bridgehead atoms. The van der Waals surface area contributed by atoms with Crippen LogP contribution in [0.4, 0.5) is 5.69 Å². The Hall–Kier alpha value is -2.08. The Morgan fingerprint density at radius 1 is 1.38 bits per heavy atom. The van der Waals surface area contributed by atoms with Crippen molar-refractivity contribution in [1.29, 1.82) is 0 Å². The molecule has 1 aliphatic heterocycles. The highest BCUT2D eigenvalue weighted by Gasteiger charge is 2.40. The predicted octanol–water partition coefficient (Wildman–Crippen LogP) is 1.19. The fourth-order valence-electron chi connectivity index (χ4n) is 2.36. The zero-order valence-corrected chi connectivity index (χ0v) is 12.0. The number of anilines is 1. The zero-order chi connectivity index (χ0) is 15.5. The number of rotatable bonds is 4. The van der Waals surface area contributed by atoms with Crippen molar-refractivity contribution in [2.24, 2.45) is 5.41 Å². The molecule has 1 amide bonds. The third-order valence-electron chi connectivity index (χ3n) is 4.03. The Morgan fingerprint density at radius 2 is 2.05 bits per heavy atom. The number of carboxylic acid groups (broad SMARTS) is 1. The lowest BCUT2D eigenvalue weighted by Crippen LogP contribution is -2.46. The molecule has 1 aromatic rings. The SMILES string of the molecule is Cc1ccc(C(=O)NCC2(C(=O)O)CCOCC2)cc1N. The van der Waals surface area contributed by atoms with Gasteiger partial charge < -0.3 is 20.9 Å². The van der Waals surface area contributed by atoms with Crippen LogP contribution in [0.5, 0.6) is 0 Å². The minimum absolute atomic E-state index is 0.0955. The van der Waals surface area contributed by atoms with Crippen LogP contribution < -0.4 is 11.1 Å². The van der Waals surface area contributed by atoms with Gasteiger partial charge in [-0.15, -0.1) is 0 Å². The zero-order valence-electron chi connectivity index (χ0n) is 12.0. The molecule has 0 saturated carbocycles. The molecule has 0 unspecified atom stereocenters. The first-order valence-corrected chi connectivity index (χ1v) is 6.90. The molecule has 2 rings (SSSR count). The first kappa shape index (κ1) is 15.3. The van der Waals surface area contributed by atoms with E-state index in [2.05, 4.69) is 5.32 Å². The minimum Gasteiger partial charge on any atom is -0.481 e. The third-order valence-corrected chi connectivity index (χ3v) is 4.03. The number of carboxylic acids is 1. The molecule has 114 valence electrons. The largest absolute Gasteiger partial charge is 0.481 e. The maximum atomic E-state index is 12.1. The van der Waals surface area contributed by atoms with E-state index in [1.54, 1.807) is 18.2 Å². The number of nitrogen functional groups attached to an aromatic ring is 1. The highest BCUT2D eigenvalue weighted by Crippen LogP contribution is 2.30. The van der Waals surface area contributed by atoms with Crippen molar-refractivity contribution in [3.05, 3.63) is 29.3 Å². The first-order chi connectivity index (χ1) is 9.94. The number of carbonyl (C=O) groups excluding carboxylic acids is 1. The summed E-state index contributed by atoms with van der Waals surface area (Å²) in [6, 6.07) is 5.05. The Balaban J connectivity index is 2.05. The maximum Gasteiger partial charge on any atom is 0.311 e. The Bertz CT molecular complexity index is 551. The number of carbonyl (C=O) groups is 2. The minimum atomic E-state index is -0.940. The molecular formula is C15H20N2O4. The van der Waals surface area contributed by atoms with Gasteiger partial charge in [-0.05, 0) is 37.5 Å². The fourth-order valence-corrected chi connectivity index (χ4v) is 2.36. The monoisotopic (exact) mass is 292 g/mol. The van der Waals surface area contributed by atoms with Crippen molar-refractivity contribution in [2.75, 3.05) is 25.5 Å². The highest BCUT2D eigenvalue weighted by atomic mass is 16.5. The van der Waals surface area contributed by atoms with Gasteiger partial charge in [0.05, 0.1) is 5.41 Å². The number of benzene rings is 1. The molecule has 0 aliphatic carbocycles. The van der Waals surface area contributed by atoms with E-state index in [0.717, 1.165) is 5.56 Å². The van der Waals surface area contributed by atoms with E-state index in [-0.39, 0.29) is 12.5 Å². The van der Waals surface area contributed by atoms with Crippen LogP contribution in [0, 0.1) is 12.3 Å². The maximum absolute atomic E-state index is 12.1. The van der Waals surface area contributed by atoms with Gasteiger partial charge in [0, 0.05) is 31.0 Å². The standard InChI is InChI=1S/C15H20N2O4/c1-10-2-3-11(8-12(10)16)13(18)17-9-15(14(19)20)4-6-21-7-5-15/h2-3,8H,4-7,9,16H2,1H3,(H,17,18)(H,19,20). The van der Waals surface area contributed by atoms with E-state index in [4.69, 9.17) is 10.5 Å². The summed E-state index contributed by atoms with van der Waals surface area (Å²) in [5.74, 6) is -1.21. The predicted molar refractivity (Wildman–Crippen MR) is 78.0 cm³/mol. The second kappa shape index (κ2) is 6.13. The summed E-state index contributed by atoms with van der Waals surface area (Å²) in [5, 5.41) is 12.1. The average molecular weight is 292 g/mol. The number of aliphatic carboxylic acids is 1. The van der Waals surface area contributed by atoms with E-state index >= 15 is 0 Å². The smallest absolute Gasteiger partial charge is 0.311 e. The van der Waals surface area contributed by atoms with Crippen LogP contribution in [0.1, 0.15) is 28.8 Å². The lowest BCUT2D eigenvalue weighted by atomic mass is 9.80. The van der Waals surface area contributed by atoms with Crippen molar-refractivity contribution >= 4 is 17.6 Å². The number of hydrogen-bond acceptors (Lipinski definition) is 4. The van der Waals surface area contributed by atoms with Gasteiger partial charge in [-0.2, -0.15) is 0 Å². The Labute approximate surface area is 123 Å². The summed E-state index contributed by atoms with van der Waals surface area (Å²) >= 11 is 0. The van der Waals surface area contributed by atoms with Crippen LogP contribution >= 0.6 is 0 Å². The molecule has 1 fully saturated rings. The molecule has 21 heavy (non-hydrogen) atoms. The summed E-state index contributed by atoms with van der Waals surface area (Å²) < 4.78 is 5.20. The van der Waals surface area contributed by atoms with Crippen LogP contribution in [0.25, 0.3) is 0 Å². The van der Waals surface area contributed by atoms with Crippen LogP contribution in [0.15, 0.2) is 18.2 Å². The number of amides is 1. The van der Waals surface area contributed by atoms with Gasteiger partial charge in [0.2, 0.25) is 0 Å². The van der Waals surface area contributed by atoms with Gasteiger partial charge in [0.1, 0.15) is 0 Å². The molecule has 1 aliphatic rings. The molecule has 6 nitrogen and oxygen atoms in total. The topological polar surface area (TPSA) is 102 Å². The second-order valence-electron chi connectivity index (χ2n) is 5.45. The van der Waals surface area contributed by atoms with Crippen molar-refractivity contribution < 1.29 is 19.4 Å². The Kier molecular flexibility index (Phi) is 4.47. The Morgan fingerprint density at radius 3 is 2.62 bits per heavy atom. The number of hydrogen-bond donors (Lipinski definition) is 3. The van der Waals surface area contributed by atoms with Crippen LogP contribution in [0.3, 0.4) is 0 Å². The van der Waals surface area contributed by atoms with Gasteiger partial charge in [-0.3, -0.25) is 9.59 Å². The van der Waals surface area contributed by atoms with E-state index < -0.39 is 11.4 Å². The number of nitrogens with two attached hydrogens (primary N) is 1. The van der Waals surface area contributed by atoms with Crippen molar-refractivity contribution in [2.45, 2.75) is 19.8 Å². The molecule has 0 spiro atoms. The van der Waals surface area contributed by atoms with E-state index in [9.17, 15) is 14.7 Å². The summed E-state index contributed by atoms with van der Waals surface area (Å²) in [6.07, 6.45) is 0.803. The van der Waals surface area contributed by atoms with Gasteiger partial charge in [-0.25, -0.2) is 0 Å². The summed E-state index contributed by atoms with van der Waals surface area (Å²) in [5.41, 5.74) is 6.72. The number of aryl methyl sites for hydroxylation is 1. The van der Waals surface area contributed by atoms with Crippen molar-refractivity contribution in [1.82, 2.24) is 5.32 Å². The molecule has 4 N–H and O–H groups in total. The van der Waals surface area contributed by atoms with Crippen LogP contribution in [0.2, 0.25) is 0 Å². The van der Waals surface area contributed by atoms with E-state index in [0.29, 0.717) is 37.3 Å². The number of ether oxygens (including phenoxy) is 1. The molecule has 1 aromatic carbocycles. The molecule has 0 aromatic heterocycles. The summed E-state index contributed by atoms with van der Waals surface area (Å²) in [6.45, 7) is 2.76. The molecule has 0 atom stereocenters. The van der Waals surface area contributed by atoms with Gasteiger partial charge in [0.15, 0.2) is 0 Å². The normalized spacial score (nSPS) is 17.2. The van der Waals surface area contributed by atoms with Gasteiger partial charge in [0.25, 0.3) is 5.91 Å². The molecule has 0 radical (unpaired) electrons. The van der Waals surface area contributed by atoms with Crippen LogP contribution in [-0.2, 0) is 9.53 Å². The lowest BCUT2D eigenvalue weighted by molar-refractivity contribution is -0.154. The quantitative estimate of drug-likeness (QED) is 0.723. The first-order valence-electron chi connectivity index (χ1n) is 6.90. The second-order valence-corrected chi connectivity index (χ2v) is 5.45. The lowest BCUT2D eigenvalue weighted by Gasteiger charge is -2.33. The van der Waals surface area contributed by atoms with E-state index in [1.165, 1.54) is 0 Å². The van der Waals surface area contributed by atoms with Gasteiger partial charge in [-0.1, -0.05) is 6.07 Å². The molecule has 6 heteroatoms. The van der Waals surface area contributed by atoms with Crippen molar-refractivity contribution in [3.8, 4) is 0 Å². The molecular weight excluding hydrogens is 272 g/mol. The van der Waals surface area contributed by atoms with Crippen LogP contribution in [-0.4, -0.2) is 36.7 Å². The molecule has 1 saturated heterocycles. The summed E-state index contributed by atoms with van der Waals surface area (Å²) in [7, 11) is 0. The average Bonchev–Trinajstić information content (AvgIpc) is 2.48. The van der Waals surface area contributed by atoms with Crippen molar-refractivity contribution in [3.63, 3.8) is 0 Å². The third kappa shape index (κ3) is 3.33. The molecule has 1 heterocycles. The fraction of sp³-hybridized carbons (Fsp3) is 0.467.